The van der Waals surface area contributed by atoms with Crippen molar-refractivity contribution < 1.29 is 14.3 Å². The molecule has 1 N–H and O–H groups in total. The Kier molecular flexibility index (Phi) is 6.42. The molecule has 0 aliphatic heterocycles. The van der Waals surface area contributed by atoms with E-state index >= 15 is 0 Å². The van der Waals surface area contributed by atoms with Crippen LogP contribution in [0, 0.1) is 0 Å². The van der Waals surface area contributed by atoms with E-state index in [9.17, 15) is 4.79 Å². The molecule has 24 heavy (non-hydrogen) atoms. The molecule has 0 saturated heterocycles. The third-order valence-electron chi connectivity index (χ3n) is 3.15. The van der Waals surface area contributed by atoms with Crippen molar-refractivity contribution in [1.29, 1.82) is 0 Å². The van der Waals surface area contributed by atoms with E-state index in [4.69, 9.17) is 9.47 Å². The smallest absolute Gasteiger partial charge is 0.321 e. The summed E-state index contributed by atoms with van der Waals surface area (Å²) in [4.78, 5) is 18.0. The molecule has 2 amide bonds. The van der Waals surface area contributed by atoms with E-state index in [-0.39, 0.29) is 12.1 Å². The van der Waals surface area contributed by atoms with Crippen LogP contribution in [0.15, 0.2) is 48.7 Å². The molecule has 1 aromatic heterocycles. The molecule has 1 aromatic carbocycles. The summed E-state index contributed by atoms with van der Waals surface area (Å²) in [6.45, 7) is 4.69. The number of aromatic nitrogens is 1. The first-order chi connectivity index (χ1) is 11.6. The highest BCUT2D eigenvalue weighted by Crippen LogP contribution is 2.22. The second-order valence-corrected chi connectivity index (χ2v) is 5.54. The standard InChI is InChI=1S/C18H23N3O3/c1-14(2)24-17-16(10-7-11-19-17)20-18(22)21(3)12-13-23-15-8-5-4-6-9-15/h4-11,14H,12-13H2,1-3H3,(H,20,22). The lowest BCUT2D eigenvalue weighted by molar-refractivity contribution is 0.207. The molecule has 6 nitrogen and oxygen atoms in total. The molecule has 0 spiro atoms. The Morgan fingerprint density at radius 3 is 2.67 bits per heavy atom. The van der Waals surface area contributed by atoms with Gasteiger partial charge < -0.3 is 19.7 Å². The quantitative estimate of drug-likeness (QED) is 0.845. The van der Waals surface area contributed by atoms with E-state index in [0.29, 0.717) is 24.7 Å². The number of carbonyl (C=O) groups is 1. The summed E-state index contributed by atoms with van der Waals surface area (Å²) in [5.41, 5.74) is 0.548. The Hall–Kier alpha value is -2.76. The predicted octanol–water partition coefficient (Wildman–Crippen LogP) is 3.41. The lowest BCUT2D eigenvalue weighted by Crippen LogP contribution is -2.34. The zero-order valence-corrected chi connectivity index (χ0v) is 14.2. The molecule has 0 unspecified atom stereocenters. The van der Waals surface area contributed by atoms with Crippen LogP contribution in [0.1, 0.15) is 13.8 Å². The molecule has 0 aliphatic rings. The fraction of sp³-hybridized carbons (Fsp3) is 0.333. The first-order valence-corrected chi connectivity index (χ1v) is 7.88. The van der Waals surface area contributed by atoms with Gasteiger partial charge in [-0.1, -0.05) is 18.2 Å². The summed E-state index contributed by atoms with van der Waals surface area (Å²) >= 11 is 0. The highest BCUT2D eigenvalue weighted by molar-refractivity contribution is 5.90. The number of para-hydroxylation sites is 1. The van der Waals surface area contributed by atoms with Crippen molar-refractivity contribution in [1.82, 2.24) is 9.88 Å². The molecule has 0 fully saturated rings. The Bertz CT molecular complexity index is 647. The molecule has 128 valence electrons. The second kappa shape index (κ2) is 8.76. The van der Waals surface area contributed by atoms with Gasteiger partial charge in [0.25, 0.3) is 0 Å². The van der Waals surface area contributed by atoms with E-state index in [1.165, 1.54) is 0 Å². The van der Waals surface area contributed by atoms with E-state index in [2.05, 4.69) is 10.3 Å². The van der Waals surface area contributed by atoms with Gasteiger partial charge in [-0.2, -0.15) is 0 Å². The van der Waals surface area contributed by atoms with E-state index in [1.807, 2.05) is 44.2 Å². The van der Waals surface area contributed by atoms with Gasteiger partial charge in [-0.25, -0.2) is 9.78 Å². The van der Waals surface area contributed by atoms with Gasteiger partial charge in [-0.3, -0.25) is 0 Å². The Balaban J connectivity index is 1.85. The number of carbonyl (C=O) groups excluding carboxylic acids is 1. The molecule has 0 atom stereocenters. The number of benzene rings is 1. The topological polar surface area (TPSA) is 63.7 Å². The first kappa shape index (κ1) is 17.6. The van der Waals surface area contributed by atoms with Crippen LogP contribution in [-0.2, 0) is 0 Å². The highest BCUT2D eigenvalue weighted by Gasteiger charge is 2.13. The van der Waals surface area contributed by atoms with Gasteiger partial charge in [0.15, 0.2) is 0 Å². The maximum absolute atomic E-state index is 12.3. The van der Waals surface area contributed by atoms with Crippen LogP contribution in [0.4, 0.5) is 10.5 Å². The lowest BCUT2D eigenvalue weighted by Gasteiger charge is -2.19. The number of rotatable bonds is 7. The minimum atomic E-state index is -0.242. The van der Waals surface area contributed by atoms with Crippen molar-refractivity contribution >= 4 is 11.7 Å². The molecule has 0 aliphatic carbocycles. The van der Waals surface area contributed by atoms with Crippen LogP contribution >= 0.6 is 0 Å². The van der Waals surface area contributed by atoms with E-state index < -0.39 is 0 Å². The number of ether oxygens (including phenoxy) is 2. The van der Waals surface area contributed by atoms with Crippen LogP contribution in [0.3, 0.4) is 0 Å². The average Bonchev–Trinajstić information content (AvgIpc) is 2.57. The third-order valence-corrected chi connectivity index (χ3v) is 3.15. The van der Waals surface area contributed by atoms with Crippen molar-refractivity contribution in [3.63, 3.8) is 0 Å². The fourth-order valence-corrected chi connectivity index (χ4v) is 1.93. The lowest BCUT2D eigenvalue weighted by atomic mass is 10.3. The molecular formula is C18H23N3O3. The number of likely N-dealkylation sites (N-methyl/N-ethyl adjacent to an activating group) is 1. The van der Waals surface area contributed by atoms with Gasteiger partial charge in [-0.05, 0) is 38.1 Å². The molecule has 0 bridgehead atoms. The van der Waals surface area contributed by atoms with Crippen LogP contribution in [-0.4, -0.2) is 42.2 Å². The van der Waals surface area contributed by atoms with E-state index in [0.717, 1.165) is 5.75 Å². The van der Waals surface area contributed by atoms with Gasteiger partial charge in [0.05, 0.1) is 12.6 Å². The molecular weight excluding hydrogens is 306 g/mol. The van der Waals surface area contributed by atoms with Crippen LogP contribution in [0.25, 0.3) is 0 Å². The minimum absolute atomic E-state index is 0.0208. The van der Waals surface area contributed by atoms with Crippen molar-refractivity contribution in [2.24, 2.45) is 0 Å². The summed E-state index contributed by atoms with van der Waals surface area (Å²) in [5.74, 6) is 1.20. The molecule has 0 radical (unpaired) electrons. The predicted molar refractivity (Wildman–Crippen MR) is 93.6 cm³/mol. The van der Waals surface area contributed by atoms with Crippen molar-refractivity contribution in [2.45, 2.75) is 20.0 Å². The Morgan fingerprint density at radius 2 is 1.96 bits per heavy atom. The summed E-state index contributed by atoms with van der Waals surface area (Å²) in [7, 11) is 1.71. The van der Waals surface area contributed by atoms with E-state index in [1.54, 1.807) is 30.3 Å². The largest absolute Gasteiger partial charge is 0.492 e. The number of hydrogen-bond acceptors (Lipinski definition) is 4. The fourth-order valence-electron chi connectivity index (χ4n) is 1.93. The Labute approximate surface area is 142 Å². The number of amides is 2. The van der Waals surface area contributed by atoms with Gasteiger partial charge in [0.1, 0.15) is 18.0 Å². The Morgan fingerprint density at radius 1 is 1.21 bits per heavy atom. The molecule has 2 rings (SSSR count). The number of nitrogens with one attached hydrogen (secondary N) is 1. The minimum Gasteiger partial charge on any atom is -0.492 e. The van der Waals surface area contributed by atoms with Gasteiger partial charge in [0.2, 0.25) is 5.88 Å². The number of nitrogens with zero attached hydrogens (tertiary/aromatic N) is 2. The van der Waals surface area contributed by atoms with Crippen molar-refractivity contribution in [2.75, 3.05) is 25.5 Å². The maximum Gasteiger partial charge on any atom is 0.321 e. The summed E-state index contributed by atoms with van der Waals surface area (Å²) in [6, 6.07) is 12.8. The third kappa shape index (κ3) is 5.46. The van der Waals surface area contributed by atoms with Gasteiger partial charge in [0, 0.05) is 13.2 Å². The first-order valence-electron chi connectivity index (χ1n) is 7.88. The zero-order chi connectivity index (χ0) is 17.4. The van der Waals surface area contributed by atoms with Crippen molar-refractivity contribution in [3.8, 4) is 11.6 Å². The van der Waals surface area contributed by atoms with Gasteiger partial charge >= 0.3 is 6.03 Å². The second-order valence-electron chi connectivity index (χ2n) is 5.54. The molecule has 1 heterocycles. The van der Waals surface area contributed by atoms with Gasteiger partial charge in [-0.15, -0.1) is 0 Å². The SMILES string of the molecule is CC(C)Oc1ncccc1NC(=O)N(C)CCOc1ccccc1. The summed E-state index contributed by atoms with van der Waals surface area (Å²) in [6.07, 6.45) is 1.61. The maximum atomic E-state index is 12.3. The van der Waals surface area contributed by atoms with Crippen LogP contribution < -0.4 is 14.8 Å². The zero-order valence-electron chi connectivity index (χ0n) is 14.2. The van der Waals surface area contributed by atoms with Crippen LogP contribution in [0.2, 0.25) is 0 Å². The number of hydrogen-bond donors (Lipinski definition) is 1. The molecule has 2 aromatic rings. The van der Waals surface area contributed by atoms with Crippen LogP contribution in [0.5, 0.6) is 11.6 Å². The highest BCUT2D eigenvalue weighted by atomic mass is 16.5. The summed E-state index contributed by atoms with van der Waals surface area (Å²) < 4.78 is 11.2. The normalized spacial score (nSPS) is 10.3. The molecule has 6 heteroatoms. The van der Waals surface area contributed by atoms with Crippen molar-refractivity contribution in [3.05, 3.63) is 48.7 Å². The average molecular weight is 329 g/mol. The number of anilines is 1. The number of urea groups is 1. The molecule has 0 saturated carbocycles. The monoisotopic (exact) mass is 329 g/mol. The summed E-state index contributed by atoms with van der Waals surface area (Å²) in [5, 5.41) is 2.81. The number of pyridine rings is 1.